The summed E-state index contributed by atoms with van der Waals surface area (Å²) < 4.78 is 1.64. The van der Waals surface area contributed by atoms with Crippen LogP contribution in [0.15, 0.2) is 65.8 Å². The lowest BCUT2D eigenvalue weighted by Crippen LogP contribution is -2.32. The molecule has 1 N–H and O–H groups in total. The molecular weight excluding hydrogens is 334 g/mol. The standard InChI is InChI=1S/C18H19N5OS/c1-14(17(24)19-13-12-15-8-4-2-5-9-15)25-18-20-21-22-23(18)16-10-6-3-7-11-16/h2-11,14H,12-13H2,1H3,(H,19,24). The second-order valence-corrected chi connectivity index (χ2v) is 6.80. The maximum absolute atomic E-state index is 12.3. The number of hydrogen-bond donors (Lipinski definition) is 1. The van der Waals surface area contributed by atoms with E-state index in [2.05, 4.69) is 33.0 Å². The summed E-state index contributed by atoms with van der Waals surface area (Å²) in [6, 6.07) is 19.7. The highest BCUT2D eigenvalue weighted by atomic mass is 32.2. The molecule has 128 valence electrons. The number of rotatable bonds is 7. The number of nitrogens with zero attached hydrogens (tertiary/aromatic N) is 4. The summed E-state index contributed by atoms with van der Waals surface area (Å²) >= 11 is 1.34. The highest BCUT2D eigenvalue weighted by Crippen LogP contribution is 2.22. The van der Waals surface area contributed by atoms with E-state index in [1.807, 2.05) is 55.5 Å². The summed E-state index contributed by atoms with van der Waals surface area (Å²) in [6.45, 7) is 2.46. The van der Waals surface area contributed by atoms with Gasteiger partial charge in [-0.15, -0.1) is 5.10 Å². The van der Waals surface area contributed by atoms with Gasteiger partial charge in [0.2, 0.25) is 11.1 Å². The molecule has 0 aliphatic rings. The van der Waals surface area contributed by atoms with Crippen molar-refractivity contribution in [2.24, 2.45) is 0 Å². The van der Waals surface area contributed by atoms with Crippen LogP contribution in [-0.4, -0.2) is 37.9 Å². The molecule has 1 heterocycles. The fraction of sp³-hybridized carbons (Fsp3) is 0.222. The number of tetrazole rings is 1. The Morgan fingerprint density at radius 1 is 1.12 bits per heavy atom. The fourth-order valence-corrected chi connectivity index (χ4v) is 3.15. The molecule has 25 heavy (non-hydrogen) atoms. The first-order valence-electron chi connectivity index (χ1n) is 8.06. The van der Waals surface area contributed by atoms with Crippen LogP contribution in [0.3, 0.4) is 0 Å². The molecule has 6 nitrogen and oxygen atoms in total. The summed E-state index contributed by atoms with van der Waals surface area (Å²) in [5.74, 6) is -0.0245. The molecule has 0 radical (unpaired) electrons. The van der Waals surface area contributed by atoms with E-state index in [9.17, 15) is 4.79 Å². The van der Waals surface area contributed by atoms with Crippen molar-refractivity contribution in [1.29, 1.82) is 0 Å². The third-order valence-corrected chi connectivity index (χ3v) is 4.68. The number of thioether (sulfide) groups is 1. The highest BCUT2D eigenvalue weighted by Gasteiger charge is 2.18. The Bertz CT molecular complexity index is 807. The van der Waals surface area contributed by atoms with Crippen LogP contribution >= 0.6 is 11.8 Å². The summed E-state index contributed by atoms with van der Waals surface area (Å²) in [4.78, 5) is 12.3. The van der Waals surface area contributed by atoms with Gasteiger partial charge in [-0.25, -0.2) is 0 Å². The number of para-hydroxylation sites is 1. The Labute approximate surface area is 150 Å². The number of aromatic nitrogens is 4. The van der Waals surface area contributed by atoms with Crippen LogP contribution in [0.2, 0.25) is 0 Å². The van der Waals surface area contributed by atoms with Gasteiger partial charge in [0.05, 0.1) is 10.9 Å². The Balaban J connectivity index is 1.55. The van der Waals surface area contributed by atoms with E-state index in [0.29, 0.717) is 11.7 Å². The van der Waals surface area contributed by atoms with Gasteiger partial charge in [-0.2, -0.15) is 4.68 Å². The van der Waals surface area contributed by atoms with Crippen molar-refractivity contribution in [2.45, 2.75) is 23.8 Å². The van der Waals surface area contributed by atoms with Gasteiger partial charge in [-0.1, -0.05) is 60.3 Å². The van der Waals surface area contributed by atoms with E-state index in [4.69, 9.17) is 0 Å². The van der Waals surface area contributed by atoms with Gasteiger partial charge in [0.25, 0.3) is 0 Å². The molecule has 1 unspecified atom stereocenters. The lowest BCUT2D eigenvalue weighted by Gasteiger charge is -2.11. The fourth-order valence-electron chi connectivity index (χ4n) is 2.31. The average Bonchev–Trinajstić information content (AvgIpc) is 3.11. The minimum Gasteiger partial charge on any atom is -0.355 e. The number of hydrogen-bond acceptors (Lipinski definition) is 5. The van der Waals surface area contributed by atoms with Crippen LogP contribution in [0.4, 0.5) is 0 Å². The molecule has 1 atom stereocenters. The van der Waals surface area contributed by atoms with Crippen molar-refractivity contribution >= 4 is 17.7 Å². The van der Waals surface area contributed by atoms with Crippen LogP contribution in [0, 0.1) is 0 Å². The van der Waals surface area contributed by atoms with Crippen LogP contribution in [0.5, 0.6) is 0 Å². The molecule has 0 saturated carbocycles. The number of nitrogens with one attached hydrogen (secondary N) is 1. The second kappa shape index (κ2) is 8.43. The Hall–Kier alpha value is -2.67. The zero-order valence-corrected chi connectivity index (χ0v) is 14.7. The predicted molar refractivity (Wildman–Crippen MR) is 97.6 cm³/mol. The molecule has 0 aliphatic carbocycles. The van der Waals surface area contributed by atoms with E-state index in [1.54, 1.807) is 4.68 Å². The quantitative estimate of drug-likeness (QED) is 0.661. The molecule has 7 heteroatoms. The van der Waals surface area contributed by atoms with Gasteiger partial charge in [0.15, 0.2) is 0 Å². The lowest BCUT2D eigenvalue weighted by atomic mass is 10.1. The van der Waals surface area contributed by atoms with Crippen molar-refractivity contribution in [3.05, 3.63) is 66.2 Å². The number of benzene rings is 2. The van der Waals surface area contributed by atoms with Crippen molar-refractivity contribution in [3.63, 3.8) is 0 Å². The molecule has 0 spiro atoms. The molecule has 0 fully saturated rings. The van der Waals surface area contributed by atoms with E-state index >= 15 is 0 Å². The number of amides is 1. The monoisotopic (exact) mass is 353 g/mol. The third kappa shape index (κ3) is 4.67. The van der Waals surface area contributed by atoms with E-state index in [1.165, 1.54) is 17.3 Å². The molecule has 0 bridgehead atoms. The van der Waals surface area contributed by atoms with Gasteiger partial charge < -0.3 is 5.32 Å². The number of carbonyl (C=O) groups excluding carboxylic acids is 1. The summed E-state index contributed by atoms with van der Waals surface area (Å²) in [5.41, 5.74) is 2.07. The predicted octanol–water partition coefficient (Wildman–Crippen LogP) is 2.50. The summed E-state index contributed by atoms with van der Waals surface area (Å²) in [5, 5.41) is 15.0. The van der Waals surface area contributed by atoms with Gasteiger partial charge in [0.1, 0.15) is 0 Å². The molecule has 1 aromatic heterocycles. The maximum Gasteiger partial charge on any atom is 0.233 e. The van der Waals surface area contributed by atoms with Crippen molar-refractivity contribution in [2.75, 3.05) is 6.54 Å². The number of carbonyl (C=O) groups is 1. The van der Waals surface area contributed by atoms with Gasteiger partial charge in [0, 0.05) is 6.54 Å². The van der Waals surface area contributed by atoms with Crippen LogP contribution < -0.4 is 5.32 Å². The normalized spacial score (nSPS) is 11.9. The average molecular weight is 353 g/mol. The minimum absolute atomic E-state index is 0.0245. The molecule has 3 rings (SSSR count). The largest absolute Gasteiger partial charge is 0.355 e. The van der Waals surface area contributed by atoms with Crippen LogP contribution in [-0.2, 0) is 11.2 Å². The van der Waals surface area contributed by atoms with Crippen molar-refractivity contribution in [3.8, 4) is 5.69 Å². The van der Waals surface area contributed by atoms with Gasteiger partial charge in [-0.05, 0) is 41.5 Å². The third-order valence-electron chi connectivity index (χ3n) is 3.65. The molecule has 1 amide bonds. The molecular formula is C18H19N5OS. The van der Waals surface area contributed by atoms with Crippen molar-refractivity contribution in [1.82, 2.24) is 25.5 Å². The zero-order valence-electron chi connectivity index (χ0n) is 13.9. The SMILES string of the molecule is CC(Sc1nnnn1-c1ccccc1)C(=O)NCCc1ccccc1. The van der Waals surface area contributed by atoms with Crippen molar-refractivity contribution < 1.29 is 4.79 Å². The Morgan fingerprint density at radius 3 is 2.52 bits per heavy atom. The summed E-state index contributed by atoms with van der Waals surface area (Å²) in [7, 11) is 0. The first kappa shape index (κ1) is 17.2. The Morgan fingerprint density at radius 2 is 1.80 bits per heavy atom. The van der Waals surface area contributed by atoms with E-state index < -0.39 is 0 Å². The van der Waals surface area contributed by atoms with Gasteiger partial charge >= 0.3 is 0 Å². The second-order valence-electron chi connectivity index (χ2n) is 5.50. The van der Waals surface area contributed by atoms with Crippen LogP contribution in [0.25, 0.3) is 5.69 Å². The highest BCUT2D eigenvalue weighted by molar-refractivity contribution is 8.00. The molecule has 3 aromatic rings. The van der Waals surface area contributed by atoms with E-state index in [-0.39, 0.29) is 11.2 Å². The topological polar surface area (TPSA) is 72.7 Å². The first-order valence-corrected chi connectivity index (χ1v) is 8.94. The lowest BCUT2D eigenvalue weighted by molar-refractivity contribution is -0.120. The molecule has 0 saturated heterocycles. The Kier molecular flexibility index (Phi) is 5.79. The first-order chi connectivity index (χ1) is 12.2. The van der Waals surface area contributed by atoms with E-state index in [0.717, 1.165) is 12.1 Å². The van der Waals surface area contributed by atoms with Crippen LogP contribution in [0.1, 0.15) is 12.5 Å². The minimum atomic E-state index is -0.288. The molecule has 0 aliphatic heterocycles. The molecule has 2 aromatic carbocycles. The maximum atomic E-state index is 12.3. The smallest absolute Gasteiger partial charge is 0.233 e. The summed E-state index contributed by atoms with van der Waals surface area (Å²) in [6.07, 6.45) is 0.811. The zero-order chi connectivity index (χ0) is 17.5. The van der Waals surface area contributed by atoms with Gasteiger partial charge in [-0.3, -0.25) is 4.79 Å².